The van der Waals surface area contributed by atoms with Crippen LogP contribution in [0.3, 0.4) is 0 Å². The molecule has 2 amide bonds. The van der Waals surface area contributed by atoms with Crippen LogP contribution in [0.1, 0.15) is 22.3 Å². The summed E-state index contributed by atoms with van der Waals surface area (Å²) in [4.78, 5) is 28.4. The first kappa shape index (κ1) is 20.5. The van der Waals surface area contributed by atoms with E-state index in [1.165, 1.54) is 0 Å². The fraction of sp³-hybridized carbons (Fsp3) is 0.136. The number of aromatic nitrogens is 1. The largest absolute Gasteiger partial charge is 0.456 e. The summed E-state index contributed by atoms with van der Waals surface area (Å²) in [5, 5.41) is 5.58. The van der Waals surface area contributed by atoms with Gasteiger partial charge in [0.25, 0.3) is 5.91 Å². The molecule has 0 unspecified atom stereocenters. The Morgan fingerprint density at radius 3 is 2.55 bits per heavy atom. The van der Waals surface area contributed by atoms with Gasteiger partial charge in [-0.2, -0.15) is 0 Å². The van der Waals surface area contributed by atoms with Crippen molar-refractivity contribution in [2.45, 2.75) is 13.0 Å². The maximum atomic E-state index is 12.5. The van der Waals surface area contributed by atoms with E-state index in [1.54, 1.807) is 36.7 Å². The lowest BCUT2D eigenvalue weighted by molar-refractivity contribution is -0.121. The number of rotatable bonds is 8. The van der Waals surface area contributed by atoms with Gasteiger partial charge in [0.05, 0.1) is 5.56 Å². The van der Waals surface area contributed by atoms with Crippen molar-refractivity contribution >= 4 is 27.7 Å². The number of amides is 2. The molecule has 0 fully saturated rings. The number of nitrogens with zero attached hydrogens (tertiary/aromatic N) is 1. The smallest absolute Gasteiger partial charge is 0.255 e. The second kappa shape index (κ2) is 10.4. The Labute approximate surface area is 177 Å². The Bertz CT molecular complexity index is 980. The summed E-state index contributed by atoms with van der Waals surface area (Å²) >= 11 is 3.40. The van der Waals surface area contributed by atoms with E-state index in [0.29, 0.717) is 23.6 Å². The SMILES string of the molecule is O=C(CCNC(=O)c1ccccc1Oc1cccc(Br)c1)NCc1ccncc1. The molecule has 0 aliphatic carbocycles. The second-order valence-corrected chi connectivity index (χ2v) is 7.11. The van der Waals surface area contributed by atoms with E-state index in [-0.39, 0.29) is 24.8 Å². The molecule has 148 valence electrons. The molecule has 0 bridgehead atoms. The molecule has 6 nitrogen and oxygen atoms in total. The third kappa shape index (κ3) is 6.43. The minimum Gasteiger partial charge on any atom is -0.456 e. The van der Waals surface area contributed by atoms with Crippen LogP contribution < -0.4 is 15.4 Å². The number of hydrogen-bond donors (Lipinski definition) is 2. The summed E-state index contributed by atoms with van der Waals surface area (Å²) in [6.45, 7) is 0.658. The van der Waals surface area contributed by atoms with Gasteiger partial charge in [0.15, 0.2) is 0 Å². The number of halogens is 1. The lowest BCUT2D eigenvalue weighted by Gasteiger charge is -2.12. The standard InChI is InChI=1S/C22H20BrN3O3/c23-17-4-3-5-18(14-17)29-20-7-2-1-6-19(20)22(28)25-13-10-21(27)26-15-16-8-11-24-12-9-16/h1-9,11-12,14H,10,13,15H2,(H,25,28)(H,26,27). The van der Waals surface area contributed by atoms with Crippen molar-refractivity contribution in [1.82, 2.24) is 15.6 Å². The Hall–Kier alpha value is -3.19. The highest BCUT2D eigenvalue weighted by molar-refractivity contribution is 9.10. The monoisotopic (exact) mass is 453 g/mol. The number of ether oxygens (including phenoxy) is 1. The topological polar surface area (TPSA) is 80.3 Å². The molecule has 3 aromatic rings. The van der Waals surface area contributed by atoms with E-state index in [0.717, 1.165) is 10.0 Å². The minimum absolute atomic E-state index is 0.138. The summed E-state index contributed by atoms with van der Waals surface area (Å²) in [5.74, 6) is 0.638. The van der Waals surface area contributed by atoms with Crippen molar-refractivity contribution in [1.29, 1.82) is 0 Å². The van der Waals surface area contributed by atoms with Gasteiger partial charge in [-0.25, -0.2) is 0 Å². The van der Waals surface area contributed by atoms with Crippen molar-refractivity contribution in [3.63, 3.8) is 0 Å². The molecule has 2 N–H and O–H groups in total. The summed E-state index contributed by atoms with van der Waals surface area (Å²) in [6, 6.07) is 18.0. The van der Waals surface area contributed by atoms with Crippen LogP contribution in [0.25, 0.3) is 0 Å². The van der Waals surface area contributed by atoms with Crippen LogP contribution in [0.5, 0.6) is 11.5 Å². The highest BCUT2D eigenvalue weighted by Crippen LogP contribution is 2.27. The van der Waals surface area contributed by atoms with Gasteiger partial charge in [0, 0.05) is 36.4 Å². The Morgan fingerprint density at radius 1 is 0.966 bits per heavy atom. The van der Waals surface area contributed by atoms with E-state index in [2.05, 4.69) is 31.5 Å². The zero-order chi connectivity index (χ0) is 20.5. The quantitative estimate of drug-likeness (QED) is 0.538. The average molecular weight is 454 g/mol. The Balaban J connectivity index is 1.51. The van der Waals surface area contributed by atoms with Crippen molar-refractivity contribution in [3.8, 4) is 11.5 Å². The van der Waals surface area contributed by atoms with E-state index >= 15 is 0 Å². The van der Waals surface area contributed by atoms with Crippen molar-refractivity contribution in [2.75, 3.05) is 6.54 Å². The molecule has 1 aromatic heterocycles. The van der Waals surface area contributed by atoms with Crippen LogP contribution in [0.4, 0.5) is 0 Å². The maximum absolute atomic E-state index is 12.5. The molecule has 1 heterocycles. The van der Waals surface area contributed by atoms with E-state index in [9.17, 15) is 9.59 Å². The van der Waals surface area contributed by atoms with Gasteiger partial charge < -0.3 is 15.4 Å². The van der Waals surface area contributed by atoms with Gasteiger partial charge in [-0.3, -0.25) is 14.6 Å². The predicted octanol–water partition coefficient (Wildman–Crippen LogP) is 4.07. The molecule has 0 atom stereocenters. The number of carbonyl (C=O) groups excluding carboxylic acids is 2. The van der Waals surface area contributed by atoms with Crippen LogP contribution in [0.2, 0.25) is 0 Å². The molecule has 0 radical (unpaired) electrons. The number of pyridine rings is 1. The van der Waals surface area contributed by atoms with Crippen LogP contribution in [-0.2, 0) is 11.3 Å². The van der Waals surface area contributed by atoms with E-state index in [1.807, 2.05) is 36.4 Å². The van der Waals surface area contributed by atoms with Gasteiger partial charge in [-0.15, -0.1) is 0 Å². The highest BCUT2D eigenvalue weighted by Gasteiger charge is 2.13. The van der Waals surface area contributed by atoms with Crippen LogP contribution in [0, 0.1) is 0 Å². The number of benzene rings is 2. The average Bonchev–Trinajstić information content (AvgIpc) is 2.73. The summed E-state index contributed by atoms with van der Waals surface area (Å²) in [7, 11) is 0. The lowest BCUT2D eigenvalue weighted by atomic mass is 10.2. The third-order valence-electron chi connectivity index (χ3n) is 4.03. The summed E-state index contributed by atoms with van der Waals surface area (Å²) in [6.07, 6.45) is 3.54. The van der Waals surface area contributed by atoms with E-state index in [4.69, 9.17) is 4.74 Å². The number of carbonyl (C=O) groups is 2. The molecule has 0 spiro atoms. The fourth-order valence-electron chi connectivity index (χ4n) is 2.58. The molecule has 0 saturated carbocycles. The van der Waals surface area contributed by atoms with Crippen LogP contribution >= 0.6 is 15.9 Å². The van der Waals surface area contributed by atoms with Crippen molar-refractivity contribution in [2.24, 2.45) is 0 Å². The van der Waals surface area contributed by atoms with Crippen LogP contribution in [0.15, 0.2) is 77.5 Å². The molecule has 7 heteroatoms. The number of para-hydroxylation sites is 1. The maximum Gasteiger partial charge on any atom is 0.255 e. The van der Waals surface area contributed by atoms with Gasteiger partial charge >= 0.3 is 0 Å². The number of nitrogens with one attached hydrogen (secondary N) is 2. The Morgan fingerprint density at radius 2 is 1.76 bits per heavy atom. The van der Waals surface area contributed by atoms with Crippen molar-refractivity contribution in [3.05, 3.63) is 88.7 Å². The van der Waals surface area contributed by atoms with Gasteiger partial charge in [0.2, 0.25) is 5.91 Å². The second-order valence-electron chi connectivity index (χ2n) is 6.19. The molecule has 3 rings (SSSR count). The minimum atomic E-state index is -0.294. The third-order valence-corrected chi connectivity index (χ3v) is 4.53. The Kier molecular flexibility index (Phi) is 7.35. The first-order chi connectivity index (χ1) is 14.1. The molecule has 0 aliphatic heterocycles. The molecule has 2 aromatic carbocycles. The molecule has 0 aliphatic rings. The fourth-order valence-corrected chi connectivity index (χ4v) is 2.95. The van der Waals surface area contributed by atoms with E-state index < -0.39 is 0 Å². The van der Waals surface area contributed by atoms with Crippen LogP contribution in [-0.4, -0.2) is 23.3 Å². The first-order valence-electron chi connectivity index (χ1n) is 9.08. The molecule has 0 saturated heterocycles. The van der Waals surface area contributed by atoms with Gasteiger partial charge in [0.1, 0.15) is 11.5 Å². The highest BCUT2D eigenvalue weighted by atomic mass is 79.9. The number of hydrogen-bond acceptors (Lipinski definition) is 4. The van der Waals surface area contributed by atoms with Gasteiger partial charge in [-0.1, -0.05) is 34.1 Å². The molecule has 29 heavy (non-hydrogen) atoms. The summed E-state index contributed by atoms with van der Waals surface area (Å²) < 4.78 is 6.74. The predicted molar refractivity (Wildman–Crippen MR) is 114 cm³/mol. The lowest BCUT2D eigenvalue weighted by Crippen LogP contribution is -2.30. The summed E-state index contributed by atoms with van der Waals surface area (Å²) in [5.41, 5.74) is 1.38. The molecular weight excluding hydrogens is 434 g/mol. The van der Waals surface area contributed by atoms with Gasteiger partial charge in [-0.05, 0) is 48.0 Å². The normalized spacial score (nSPS) is 10.2. The first-order valence-corrected chi connectivity index (χ1v) is 9.87. The van der Waals surface area contributed by atoms with Crippen molar-refractivity contribution < 1.29 is 14.3 Å². The molecular formula is C22H20BrN3O3. The zero-order valence-corrected chi connectivity index (χ0v) is 17.2. The zero-order valence-electron chi connectivity index (χ0n) is 15.6.